The van der Waals surface area contributed by atoms with Gasteiger partial charge >= 0.3 is 5.97 Å². The Morgan fingerprint density at radius 2 is 1.41 bits per heavy atom. The second-order valence-corrected chi connectivity index (χ2v) is 14.8. The lowest BCUT2D eigenvalue weighted by Crippen LogP contribution is -2.38. The van der Waals surface area contributed by atoms with E-state index in [2.05, 4.69) is 22.9 Å². The van der Waals surface area contributed by atoms with Gasteiger partial charge in [0.1, 0.15) is 5.82 Å². The molecular formula is C35H30Cl2FN3O4S. The molecule has 0 radical (unpaired) electrons. The molecule has 1 saturated heterocycles. The summed E-state index contributed by atoms with van der Waals surface area (Å²) in [6, 6.07) is 25.4. The third-order valence-corrected chi connectivity index (χ3v) is 11.4. The van der Waals surface area contributed by atoms with Gasteiger partial charge in [0.05, 0.1) is 22.0 Å². The standard InChI is InChI=1S/C35H30Cl2FN3O4S/c36-25-6-1-21(2-7-25)33(22-3-8-26(37)9-4-22)24-5-14-32-30(19-24)34(41(39-32)27-10-11-27)23-15-17-40(18-16-23)46(44,45)28-12-13-31(38)29(20-28)35(42)43/h1-9,12-14,19-20,23,27,33H,10-11,15-18H2,(H,42,43). The fourth-order valence-electron chi connectivity index (χ4n) is 6.56. The van der Waals surface area contributed by atoms with E-state index in [4.69, 9.17) is 28.3 Å². The minimum Gasteiger partial charge on any atom is -0.478 e. The summed E-state index contributed by atoms with van der Waals surface area (Å²) in [7, 11) is -4.01. The van der Waals surface area contributed by atoms with Gasteiger partial charge in [-0.25, -0.2) is 17.6 Å². The molecule has 2 aliphatic rings. The molecule has 4 aromatic carbocycles. The van der Waals surface area contributed by atoms with Crippen molar-refractivity contribution in [2.45, 2.75) is 48.5 Å². The summed E-state index contributed by atoms with van der Waals surface area (Å²) < 4.78 is 44.5. The highest BCUT2D eigenvalue weighted by atomic mass is 35.5. The van der Waals surface area contributed by atoms with Crippen LogP contribution in [0.3, 0.4) is 0 Å². The predicted octanol–water partition coefficient (Wildman–Crippen LogP) is 8.26. The SMILES string of the molecule is O=C(O)c1cc(S(=O)(=O)N2CCC(c3c4cc(C(c5ccc(Cl)cc5)c5ccc(Cl)cc5)ccc4nn3C3CC3)CC2)ccc1F. The normalized spacial score (nSPS) is 16.3. The zero-order valence-corrected chi connectivity index (χ0v) is 26.9. The Kier molecular flexibility index (Phi) is 8.13. The first-order valence-corrected chi connectivity index (χ1v) is 17.4. The molecule has 0 amide bonds. The molecule has 7 nitrogen and oxygen atoms in total. The number of sulfonamides is 1. The van der Waals surface area contributed by atoms with E-state index < -0.39 is 27.4 Å². The number of rotatable bonds is 8. The van der Waals surface area contributed by atoms with Crippen molar-refractivity contribution in [2.24, 2.45) is 0 Å². The Morgan fingerprint density at radius 1 is 0.826 bits per heavy atom. The molecule has 2 heterocycles. The maximum absolute atomic E-state index is 14.0. The molecule has 0 atom stereocenters. The molecule has 1 saturated carbocycles. The van der Waals surface area contributed by atoms with E-state index in [9.17, 15) is 22.7 Å². The summed E-state index contributed by atoms with van der Waals surface area (Å²) in [5.74, 6) is -2.49. The summed E-state index contributed by atoms with van der Waals surface area (Å²) in [4.78, 5) is 11.2. The van der Waals surface area contributed by atoms with Crippen molar-refractivity contribution < 1.29 is 22.7 Å². The molecule has 1 aliphatic heterocycles. The van der Waals surface area contributed by atoms with Crippen LogP contribution in [0.5, 0.6) is 0 Å². The van der Waals surface area contributed by atoms with Gasteiger partial charge in [-0.2, -0.15) is 9.40 Å². The average Bonchev–Trinajstić information content (AvgIpc) is 3.83. The van der Waals surface area contributed by atoms with Crippen LogP contribution in [0.4, 0.5) is 4.39 Å². The molecule has 46 heavy (non-hydrogen) atoms. The van der Waals surface area contributed by atoms with Gasteiger partial charge in [-0.05, 0) is 97.0 Å². The number of halogens is 3. The van der Waals surface area contributed by atoms with E-state index in [-0.39, 0.29) is 29.8 Å². The quantitative estimate of drug-likeness (QED) is 0.167. The topological polar surface area (TPSA) is 92.5 Å². The number of carbonyl (C=O) groups is 1. The van der Waals surface area contributed by atoms with E-state index in [1.54, 1.807) is 0 Å². The van der Waals surface area contributed by atoms with E-state index in [0.717, 1.165) is 64.3 Å². The summed E-state index contributed by atoms with van der Waals surface area (Å²) in [6.07, 6.45) is 3.24. The minimum absolute atomic E-state index is 0.0691. The maximum Gasteiger partial charge on any atom is 0.338 e. The number of aromatic nitrogens is 2. The zero-order chi connectivity index (χ0) is 32.2. The Labute approximate surface area is 276 Å². The van der Waals surface area contributed by atoms with Crippen molar-refractivity contribution in [3.8, 4) is 0 Å². The van der Waals surface area contributed by atoms with E-state index in [0.29, 0.717) is 28.9 Å². The Morgan fingerprint density at radius 3 is 1.98 bits per heavy atom. The first-order chi connectivity index (χ1) is 22.1. The van der Waals surface area contributed by atoms with Crippen LogP contribution in [0.1, 0.15) is 76.3 Å². The third kappa shape index (κ3) is 5.81. The van der Waals surface area contributed by atoms with Gasteiger partial charge in [-0.3, -0.25) is 4.68 Å². The number of aromatic carboxylic acids is 1. The van der Waals surface area contributed by atoms with Gasteiger partial charge in [-0.15, -0.1) is 0 Å². The molecule has 236 valence electrons. The number of hydrogen-bond acceptors (Lipinski definition) is 4. The Balaban J connectivity index is 1.23. The molecule has 2 fully saturated rings. The van der Waals surface area contributed by atoms with Crippen molar-refractivity contribution in [2.75, 3.05) is 13.1 Å². The molecule has 5 aromatic rings. The number of fused-ring (bicyclic) bond motifs is 1. The molecule has 7 rings (SSSR count). The average molecular weight is 679 g/mol. The maximum atomic E-state index is 14.0. The monoisotopic (exact) mass is 677 g/mol. The minimum atomic E-state index is -4.01. The van der Waals surface area contributed by atoms with E-state index in [1.165, 1.54) is 4.31 Å². The van der Waals surface area contributed by atoms with Crippen molar-refractivity contribution in [3.63, 3.8) is 0 Å². The highest BCUT2D eigenvalue weighted by molar-refractivity contribution is 7.89. The van der Waals surface area contributed by atoms with Crippen LogP contribution >= 0.6 is 23.2 Å². The van der Waals surface area contributed by atoms with Crippen LogP contribution in [-0.2, 0) is 10.0 Å². The van der Waals surface area contributed by atoms with E-state index >= 15 is 0 Å². The lowest BCUT2D eigenvalue weighted by molar-refractivity contribution is 0.0691. The van der Waals surface area contributed by atoms with Crippen LogP contribution in [-0.4, -0.2) is 46.7 Å². The number of hydrogen-bond donors (Lipinski definition) is 1. The van der Waals surface area contributed by atoms with Crippen LogP contribution in [0.2, 0.25) is 10.0 Å². The number of carboxylic acid groups (broad SMARTS) is 1. The Bertz CT molecular complexity index is 2010. The van der Waals surface area contributed by atoms with Crippen LogP contribution in [0, 0.1) is 5.82 Å². The lowest BCUT2D eigenvalue weighted by Gasteiger charge is -2.32. The first kappa shape index (κ1) is 30.9. The smallest absolute Gasteiger partial charge is 0.338 e. The van der Waals surface area contributed by atoms with Gasteiger partial charge in [0.25, 0.3) is 0 Å². The van der Waals surface area contributed by atoms with Crippen molar-refractivity contribution in [3.05, 3.63) is 129 Å². The molecule has 1 aliphatic carbocycles. The van der Waals surface area contributed by atoms with Crippen LogP contribution < -0.4 is 0 Å². The van der Waals surface area contributed by atoms with Crippen molar-refractivity contribution in [1.29, 1.82) is 0 Å². The molecular weight excluding hydrogens is 648 g/mol. The second kappa shape index (κ2) is 12.1. The summed E-state index contributed by atoms with van der Waals surface area (Å²) in [5.41, 5.74) is 4.64. The number of nitrogens with zero attached hydrogens (tertiary/aromatic N) is 3. The van der Waals surface area contributed by atoms with Gasteiger partial charge in [0, 0.05) is 46.1 Å². The fourth-order valence-corrected chi connectivity index (χ4v) is 8.31. The Hall–Kier alpha value is -3.76. The van der Waals surface area contributed by atoms with Gasteiger partial charge in [-0.1, -0.05) is 53.5 Å². The number of carboxylic acids is 1. The van der Waals surface area contributed by atoms with Crippen molar-refractivity contribution in [1.82, 2.24) is 14.1 Å². The van der Waals surface area contributed by atoms with Gasteiger partial charge in [0.2, 0.25) is 10.0 Å². The molecule has 1 N–H and O–H groups in total. The molecule has 11 heteroatoms. The second-order valence-electron chi connectivity index (χ2n) is 12.0. The first-order valence-electron chi connectivity index (χ1n) is 15.2. The van der Waals surface area contributed by atoms with Crippen LogP contribution in [0.15, 0.2) is 89.8 Å². The summed E-state index contributed by atoms with van der Waals surface area (Å²) >= 11 is 12.5. The third-order valence-electron chi connectivity index (χ3n) is 9.04. The predicted molar refractivity (Wildman–Crippen MR) is 176 cm³/mol. The zero-order valence-electron chi connectivity index (χ0n) is 24.6. The highest BCUT2D eigenvalue weighted by Gasteiger charge is 2.36. The summed E-state index contributed by atoms with van der Waals surface area (Å²) in [6.45, 7) is 0.504. The number of piperidine rings is 1. The molecule has 0 unspecified atom stereocenters. The van der Waals surface area contributed by atoms with Gasteiger partial charge in [0.15, 0.2) is 0 Å². The molecule has 1 aromatic heterocycles. The van der Waals surface area contributed by atoms with E-state index in [1.807, 2.05) is 48.5 Å². The highest BCUT2D eigenvalue weighted by Crippen LogP contribution is 2.44. The fraction of sp³-hybridized carbons (Fsp3) is 0.257. The van der Waals surface area contributed by atoms with Crippen molar-refractivity contribution >= 4 is 50.1 Å². The van der Waals surface area contributed by atoms with Crippen LogP contribution in [0.25, 0.3) is 10.9 Å². The van der Waals surface area contributed by atoms with Gasteiger partial charge < -0.3 is 5.11 Å². The number of benzene rings is 4. The molecule has 0 spiro atoms. The summed E-state index contributed by atoms with van der Waals surface area (Å²) in [5, 5.41) is 16.7. The molecule has 0 bridgehead atoms. The largest absolute Gasteiger partial charge is 0.478 e. The lowest BCUT2D eigenvalue weighted by atomic mass is 9.84.